The van der Waals surface area contributed by atoms with Gasteiger partial charge in [-0.2, -0.15) is 13.2 Å². The molecule has 2 aromatic rings. The number of alkyl halides is 3. The number of likely N-dealkylation sites (tertiary alicyclic amines) is 1. The molecule has 1 saturated carbocycles. The number of anilines is 1. The van der Waals surface area contributed by atoms with Gasteiger partial charge in [-0.15, -0.1) is 5.10 Å². The third-order valence-corrected chi connectivity index (χ3v) is 5.80. The molecule has 1 atom stereocenters. The fraction of sp³-hybridized carbons (Fsp3) is 0.579. The molecule has 4 rings (SSSR count). The number of ether oxygens (including phenoxy) is 1. The number of hydrogen-bond donors (Lipinski definition) is 1. The number of carbonyl (C=O) groups excluding carboxylic acids is 1. The van der Waals surface area contributed by atoms with Crippen molar-refractivity contribution in [2.24, 2.45) is 5.41 Å². The lowest BCUT2D eigenvalue weighted by molar-refractivity contribution is -0.141. The Hall–Kier alpha value is -2.85. The van der Waals surface area contributed by atoms with Crippen molar-refractivity contribution >= 4 is 11.9 Å². The Morgan fingerprint density at radius 2 is 1.93 bits per heavy atom. The molecule has 1 spiro atoms. The van der Waals surface area contributed by atoms with E-state index in [1.54, 1.807) is 6.92 Å². The van der Waals surface area contributed by atoms with Gasteiger partial charge in [-0.3, -0.25) is 4.79 Å². The summed E-state index contributed by atoms with van der Waals surface area (Å²) in [6.45, 7) is 3.19. The molecule has 2 aliphatic rings. The van der Waals surface area contributed by atoms with E-state index in [1.807, 2.05) is 4.90 Å². The Morgan fingerprint density at radius 3 is 2.53 bits per heavy atom. The molecule has 8 nitrogen and oxygen atoms in total. The normalized spacial score (nSPS) is 18.9. The van der Waals surface area contributed by atoms with E-state index < -0.39 is 17.9 Å². The molecular weight excluding hydrogens is 403 g/mol. The van der Waals surface area contributed by atoms with Gasteiger partial charge in [0.1, 0.15) is 17.3 Å². The molecule has 0 radical (unpaired) electrons. The number of nitrogens with one attached hydrogen (secondary N) is 1. The SMILES string of the molecule is COc1nc(C(F)(F)F)ccc1-c1nnc(N[C@@H](C)C(=O)N2CCC3(CC2)CC3)o1. The number of aromatic nitrogens is 3. The van der Waals surface area contributed by atoms with E-state index in [1.165, 1.54) is 20.0 Å². The average molecular weight is 425 g/mol. The average Bonchev–Trinajstić information content (AvgIpc) is 3.31. The van der Waals surface area contributed by atoms with Crippen LogP contribution in [0.1, 0.15) is 38.3 Å². The molecule has 162 valence electrons. The van der Waals surface area contributed by atoms with Crippen molar-refractivity contribution in [2.45, 2.75) is 44.8 Å². The van der Waals surface area contributed by atoms with Crippen molar-refractivity contribution in [3.05, 3.63) is 17.8 Å². The highest BCUT2D eigenvalue weighted by Crippen LogP contribution is 2.53. The summed E-state index contributed by atoms with van der Waals surface area (Å²) in [6.07, 6.45) is -0.00371. The molecule has 1 N–H and O–H groups in total. The number of rotatable bonds is 5. The Kier molecular flexibility index (Phi) is 5.07. The molecule has 1 saturated heterocycles. The molecule has 1 amide bonds. The van der Waals surface area contributed by atoms with Gasteiger partial charge >= 0.3 is 12.2 Å². The summed E-state index contributed by atoms with van der Waals surface area (Å²) in [4.78, 5) is 18.0. The first-order valence-electron chi connectivity index (χ1n) is 9.72. The van der Waals surface area contributed by atoms with E-state index in [0.29, 0.717) is 5.41 Å². The van der Waals surface area contributed by atoms with E-state index >= 15 is 0 Å². The van der Waals surface area contributed by atoms with Gasteiger partial charge in [0.05, 0.1) is 7.11 Å². The number of nitrogens with zero attached hydrogens (tertiary/aromatic N) is 4. The lowest BCUT2D eigenvalue weighted by Crippen LogP contribution is -2.45. The largest absolute Gasteiger partial charge is 0.480 e. The van der Waals surface area contributed by atoms with Crippen LogP contribution in [0.15, 0.2) is 16.5 Å². The molecule has 1 aliphatic carbocycles. The number of hydrogen-bond acceptors (Lipinski definition) is 7. The Balaban J connectivity index is 1.43. The number of pyridine rings is 1. The van der Waals surface area contributed by atoms with Gasteiger partial charge in [0, 0.05) is 13.1 Å². The lowest BCUT2D eigenvalue weighted by Gasteiger charge is -2.33. The summed E-state index contributed by atoms with van der Waals surface area (Å²) in [6, 6.07) is 1.37. The highest BCUT2D eigenvalue weighted by Gasteiger charge is 2.45. The summed E-state index contributed by atoms with van der Waals surface area (Å²) in [7, 11) is 1.20. The zero-order valence-corrected chi connectivity index (χ0v) is 16.6. The summed E-state index contributed by atoms with van der Waals surface area (Å²) in [5.41, 5.74) is -0.491. The predicted octanol–water partition coefficient (Wildman–Crippen LogP) is 3.36. The van der Waals surface area contributed by atoms with E-state index in [4.69, 9.17) is 9.15 Å². The number of halogens is 3. The molecule has 11 heteroatoms. The monoisotopic (exact) mass is 425 g/mol. The van der Waals surface area contributed by atoms with Gasteiger partial charge in [0.15, 0.2) is 0 Å². The van der Waals surface area contributed by atoms with Crippen LogP contribution in [0, 0.1) is 5.41 Å². The van der Waals surface area contributed by atoms with Gasteiger partial charge < -0.3 is 19.4 Å². The molecule has 0 unspecified atom stereocenters. The van der Waals surface area contributed by atoms with Gasteiger partial charge in [-0.25, -0.2) is 4.98 Å². The molecule has 30 heavy (non-hydrogen) atoms. The Bertz CT molecular complexity index is 932. The zero-order valence-electron chi connectivity index (χ0n) is 16.6. The minimum absolute atomic E-state index is 0.0107. The Morgan fingerprint density at radius 1 is 1.23 bits per heavy atom. The Labute approximate surface area is 170 Å². The van der Waals surface area contributed by atoms with Gasteiger partial charge in [-0.1, -0.05) is 5.10 Å². The molecule has 2 fully saturated rings. The van der Waals surface area contributed by atoms with Crippen molar-refractivity contribution in [2.75, 3.05) is 25.5 Å². The van der Waals surface area contributed by atoms with Crippen LogP contribution in [0.2, 0.25) is 0 Å². The van der Waals surface area contributed by atoms with Crippen molar-refractivity contribution in [1.29, 1.82) is 0 Å². The van der Waals surface area contributed by atoms with Gasteiger partial charge in [-0.05, 0) is 50.2 Å². The second-order valence-electron chi connectivity index (χ2n) is 7.85. The smallest absolute Gasteiger partial charge is 0.433 e. The fourth-order valence-electron chi connectivity index (χ4n) is 3.71. The van der Waals surface area contributed by atoms with Crippen LogP contribution < -0.4 is 10.1 Å². The van der Waals surface area contributed by atoms with Crippen LogP contribution in [0.3, 0.4) is 0 Å². The standard InChI is InChI=1S/C19H22F3N5O3/c1-11(16(28)27-9-7-18(5-6-18)8-10-27)23-17-26-25-15(30-17)12-3-4-13(19(20,21)22)24-14(12)29-2/h3-4,11H,5-10H2,1-2H3,(H,23,26)/t11-/m0/s1. The first-order valence-corrected chi connectivity index (χ1v) is 9.72. The fourth-order valence-corrected chi connectivity index (χ4v) is 3.71. The lowest BCUT2D eigenvalue weighted by atomic mass is 9.93. The summed E-state index contributed by atoms with van der Waals surface area (Å²) in [5, 5.41) is 10.5. The topological polar surface area (TPSA) is 93.4 Å². The first-order chi connectivity index (χ1) is 14.2. The van der Waals surface area contributed by atoms with E-state index in [-0.39, 0.29) is 29.3 Å². The zero-order chi connectivity index (χ0) is 21.5. The van der Waals surface area contributed by atoms with Crippen LogP contribution in [-0.4, -0.2) is 52.2 Å². The highest BCUT2D eigenvalue weighted by molar-refractivity contribution is 5.83. The van der Waals surface area contributed by atoms with Crippen molar-refractivity contribution < 1.29 is 27.1 Å². The van der Waals surface area contributed by atoms with E-state index in [2.05, 4.69) is 20.5 Å². The molecule has 1 aliphatic heterocycles. The molecule has 2 aromatic heterocycles. The quantitative estimate of drug-likeness (QED) is 0.785. The maximum atomic E-state index is 12.8. The maximum Gasteiger partial charge on any atom is 0.433 e. The molecular formula is C19H22F3N5O3. The predicted molar refractivity (Wildman–Crippen MR) is 99.6 cm³/mol. The summed E-state index contributed by atoms with van der Waals surface area (Å²) < 4.78 is 49.0. The van der Waals surface area contributed by atoms with Crippen LogP contribution in [0.25, 0.3) is 11.5 Å². The van der Waals surface area contributed by atoms with Crippen LogP contribution in [0.5, 0.6) is 5.88 Å². The molecule has 0 bridgehead atoms. The van der Waals surface area contributed by atoms with Gasteiger partial charge in [0.2, 0.25) is 11.8 Å². The van der Waals surface area contributed by atoms with Crippen LogP contribution in [0.4, 0.5) is 19.2 Å². The summed E-state index contributed by atoms with van der Waals surface area (Å²) >= 11 is 0. The van der Waals surface area contributed by atoms with Crippen molar-refractivity contribution in [1.82, 2.24) is 20.1 Å². The number of amides is 1. The second-order valence-corrected chi connectivity index (χ2v) is 7.85. The minimum Gasteiger partial charge on any atom is -0.480 e. The van der Waals surface area contributed by atoms with Gasteiger partial charge in [0.25, 0.3) is 5.89 Å². The third-order valence-electron chi connectivity index (χ3n) is 5.80. The summed E-state index contributed by atoms with van der Waals surface area (Å²) in [5.74, 6) is -0.408. The molecule has 0 aromatic carbocycles. The molecule has 3 heterocycles. The minimum atomic E-state index is -4.60. The highest BCUT2D eigenvalue weighted by atomic mass is 19.4. The number of piperidine rings is 1. The first kappa shape index (κ1) is 20.4. The number of methoxy groups -OCH3 is 1. The van der Waals surface area contributed by atoms with Crippen LogP contribution >= 0.6 is 0 Å². The third kappa shape index (κ3) is 4.05. The van der Waals surface area contributed by atoms with Crippen LogP contribution in [-0.2, 0) is 11.0 Å². The number of carbonyl (C=O) groups is 1. The van der Waals surface area contributed by atoms with E-state index in [9.17, 15) is 18.0 Å². The van der Waals surface area contributed by atoms with Crippen molar-refractivity contribution in [3.8, 4) is 17.3 Å². The maximum absolute atomic E-state index is 12.8. The second kappa shape index (κ2) is 7.44. The van der Waals surface area contributed by atoms with E-state index in [0.717, 1.165) is 38.1 Å². The van der Waals surface area contributed by atoms with Crippen molar-refractivity contribution in [3.63, 3.8) is 0 Å².